The van der Waals surface area contributed by atoms with Crippen LogP contribution in [0.25, 0.3) is 0 Å². The van der Waals surface area contributed by atoms with Crippen molar-refractivity contribution in [2.24, 2.45) is 5.73 Å². The van der Waals surface area contributed by atoms with Gasteiger partial charge in [0.25, 0.3) is 0 Å². The molecule has 0 aromatic carbocycles. The summed E-state index contributed by atoms with van der Waals surface area (Å²) >= 11 is 0. The lowest BCUT2D eigenvalue weighted by Crippen LogP contribution is -2.47. The van der Waals surface area contributed by atoms with E-state index in [-0.39, 0.29) is 30.0 Å². The number of carbonyl (C=O) groups is 1. The first kappa shape index (κ1) is 18.7. The standard InChI is InChI=1S/C14H28N2O2.ClH/c1-3-9-18-14(7-5-4-6-8-14)11-16-13(17)10-12(2)15;/h12H,3-11,15H2,1-2H3,(H,16,17);1H. The minimum Gasteiger partial charge on any atom is -0.373 e. The summed E-state index contributed by atoms with van der Waals surface area (Å²) < 4.78 is 6.03. The van der Waals surface area contributed by atoms with Gasteiger partial charge in [-0.1, -0.05) is 26.2 Å². The molecule has 0 bridgehead atoms. The molecule has 0 spiro atoms. The van der Waals surface area contributed by atoms with Crippen molar-refractivity contribution in [1.29, 1.82) is 0 Å². The number of hydrogen-bond donors (Lipinski definition) is 2. The Balaban J connectivity index is 0.00000324. The maximum Gasteiger partial charge on any atom is 0.221 e. The number of carbonyl (C=O) groups excluding carboxylic acids is 1. The SMILES string of the molecule is CCCOC1(CNC(=O)CC(C)N)CCCCC1.Cl. The van der Waals surface area contributed by atoms with Gasteiger partial charge in [0.15, 0.2) is 0 Å². The molecule has 1 rings (SSSR count). The summed E-state index contributed by atoms with van der Waals surface area (Å²) in [5.74, 6) is 0.0371. The molecule has 0 radical (unpaired) electrons. The fourth-order valence-electron chi connectivity index (χ4n) is 2.51. The van der Waals surface area contributed by atoms with E-state index in [0.717, 1.165) is 25.9 Å². The third-order valence-electron chi connectivity index (χ3n) is 3.49. The molecule has 1 aliphatic carbocycles. The molecule has 1 amide bonds. The lowest BCUT2D eigenvalue weighted by Gasteiger charge is -2.37. The van der Waals surface area contributed by atoms with Crippen LogP contribution in [0.2, 0.25) is 0 Å². The molecular formula is C14H29ClN2O2. The largest absolute Gasteiger partial charge is 0.373 e. The van der Waals surface area contributed by atoms with Gasteiger partial charge >= 0.3 is 0 Å². The van der Waals surface area contributed by atoms with Crippen LogP contribution in [-0.4, -0.2) is 30.7 Å². The number of hydrogen-bond acceptors (Lipinski definition) is 3. The van der Waals surface area contributed by atoms with Crippen LogP contribution in [0.4, 0.5) is 0 Å². The highest BCUT2D eigenvalue weighted by Gasteiger charge is 2.33. The van der Waals surface area contributed by atoms with Crippen LogP contribution in [-0.2, 0) is 9.53 Å². The summed E-state index contributed by atoms with van der Waals surface area (Å²) in [6, 6.07) is -0.0798. The Kier molecular flexibility index (Phi) is 9.40. The molecule has 1 atom stereocenters. The van der Waals surface area contributed by atoms with Crippen LogP contribution in [0.15, 0.2) is 0 Å². The van der Waals surface area contributed by atoms with Gasteiger partial charge in [-0.25, -0.2) is 0 Å². The lowest BCUT2D eigenvalue weighted by molar-refractivity contribution is -0.124. The Morgan fingerprint density at radius 3 is 2.53 bits per heavy atom. The Morgan fingerprint density at radius 1 is 1.37 bits per heavy atom. The normalized spacial score (nSPS) is 19.3. The highest BCUT2D eigenvalue weighted by atomic mass is 35.5. The second kappa shape index (κ2) is 9.56. The van der Waals surface area contributed by atoms with E-state index in [2.05, 4.69) is 12.2 Å². The average Bonchev–Trinajstić information content (AvgIpc) is 2.35. The Hall–Kier alpha value is -0.320. The second-order valence-electron chi connectivity index (χ2n) is 5.55. The molecule has 0 aromatic rings. The molecule has 114 valence electrons. The summed E-state index contributed by atoms with van der Waals surface area (Å²) in [4.78, 5) is 11.7. The van der Waals surface area contributed by atoms with Crippen LogP contribution >= 0.6 is 12.4 Å². The van der Waals surface area contributed by atoms with Crippen LogP contribution in [0.5, 0.6) is 0 Å². The maximum absolute atomic E-state index is 11.7. The molecule has 1 saturated carbocycles. The number of amides is 1. The van der Waals surface area contributed by atoms with E-state index in [1.165, 1.54) is 19.3 Å². The first-order valence-electron chi connectivity index (χ1n) is 7.24. The average molecular weight is 293 g/mol. The topological polar surface area (TPSA) is 64.3 Å². The van der Waals surface area contributed by atoms with Gasteiger partial charge in [0.2, 0.25) is 5.91 Å². The van der Waals surface area contributed by atoms with Gasteiger partial charge in [0.05, 0.1) is 5.60 Å². The Labute approximate surface area is 123 Å². The molecule has 0 aromatic heterocycles. The summed E-state index contributed by atoms with van der Waals surface area (Å²) in [5.41, 5.74) is 5.50. The van der Waals surface area contributed by atoms with E-state index in [1.54, 1.807) is 0 Å². The Morgan fingerprint density at radius 2 is 2.00 bits per heavy atom. The predicted octanol–water partition coefficient (Wildman–Crippen LogP) is 2.39. The van der Waals surface area contributed by atoms with Gasteiger partial charge in [-0.05, 0) is 26.2 Å². The summed E-state index contributed by atoms with van der Waals surface area (Å²) in [7, 11) is 0. The Bertz CT molecular complexity index is 254. The third-order valence-corrected chi connectivity index (χ3v) is 3.49. The zero-order valence-corrected chi connectivity index (χ0v) is 13.1. The van der Waals surface area contributed by atoms with Gasteiger partial charge in [-0.15, -0.1) is 12.4 Å². The molecule has 3 N–H and O–H groups in total. The summed E-state index contributed by atoms with van der Waals surface area (Å²) in [5, 5.41) is 2.99. The first-order valence-corrected chi connectivity index (χ1v) is 7.24. The van der Waals surface area contributed by atoms with Gasteiger partial charge in [0.1, 0.15) is 0 Å². The maximum atomic E-state index is 11.7. The van der Waals surface area contributed by atoms with E-state index >= 15 is 0 Å². The van der Waals surface area contributed by atoms with Gasteiger partial charge < -0.3 is 15.8 Å². The molecular weight excluding hydrogens is 264 g/mol. The van der Waals surface area contributed by atoms with Crippen molar-refractivity contribution >= 4 is 18.3 Å². The number of ether oxygens (including phenoxy) is 1. The molecule has 0 aliphatic heterocycles. The third kappa shape index (κ3) is 7.14. The van der Waals surface area contributed by atoms with E-state index in [9.17, 15) is 4.79 Å². The molecule has 1 unspecified atom stereocenters. The van der Waals surface area contributed by atoms with Crippen molar-refractivity contribution in [1.82, 2.24) is 5.32 Å². The zero-order valence-electron chi connectivity index (χ0n) is 12.2. The van der Waals surface area contributed by atoms with Crippen molar-refractivity contribution in [3.05, 3.63) is 0 Å². The molecule has 0 heterocycles. The number of nitrogens with one attached hydrogen (secondary N) is 1. The molecule has 19 heavy (non-hydrogen) atoms. The van der Waals surface area contributed by atoms with E-state index in [0.29, 0.717) is 13.0 Å². The number of rotatable bonds is 7. The minimum atomic E-state index is -0.123. The quantitative estimate of drug-likeness (QED) is 0.757. The van der Waals surface area contributed by atoms with E-state index in [4.69, 9.17) is 10.5 Å². The fourth-order valence-corrected chi connectivity index (χ4v) is 2.51. The van der Waals surface area contributed by atoms with Crippen LogP contribution < -0.4 is 11.1 Å². The van der Waals surface area contributed by atoms with Gasteiger partial charge in [-0.3, -0.25) is 4.79 Å². The number of halogens is 1. The zero-order chi connectivity index (χ0) is 13.4. The first-order chi connectivity index (χ1) is 8.58. The summed E-state index contributed by atoms with van der Waals surface area (Å²) in [6.45, 7) is 5.39. The monoisotopic (exact) mass is 292 g/mol. The highest BCUT2D eigenvalue weighted by molar-refractivity contribution is 5.85. The highest BCUT2D eigenvalue weighted by Crippen LogP contribution is 2.31. The lowest BCUT2D eigenvalue weighted by atomic mass is 9.84. The molecule has 5 heteroatoms. The van der Waals surface area contributed by atoms with Crippen molar-refractivity contribution < 1.29 is 9.53 Å². The second-order valence-corrected chi connectivity index (χ2v) is 5.55. The van der Waals surface area contributed by atoms with Crippen LogP contribution in [0.3, 0.4) is 0 Å². The molecule has 0 saturated heterocycles. The van der Waals surface area contributed by atoms with Gasteiger partial charge in [0, 0.05) is 25.6 Å². The van der Waals surface area contributed by atoms with E-state index in [1.807, 2.05) is 6.92 Å². The predicted molar refractivity (Wildman–Crippen MR) is 80.6 cm³/mol. The molecule has 4 nitrogen and oxygen atoms in total. The van der Waals surface area contributed by atoms with Gasteiger partial charge in [-0.2, -0.15) is 0 Å². The molecule has 1 fully saturated rings. The molecule has 1 aliphatic rings. The van der Waals surface area contributed by atoms with Crippen molar-refractivity contribution in [3.63, 3.8) is 0 Å². The van der Waals surface area contributed by atoms with Crippen molar-refractivity contribution in [2.45, 2.75) is 70.4 Å². The number of nitrogens with two attached hydrogens (primary N) is 1. The van der Waals surface area contributed by atoms with Crippen LogP contribution in [0, 0.1) is 0 Å². The van der Waals surface area contributed by atoms with Crippen LogP contribution in [0.1, 0.15) is 58.8 Å². The fraction of sp³-hybridized carbons (Fsp3) is 0.929. The summed E-state index contributed by atoms with van der Waals surface area (Å²) in [6.07, 6.45) is 7.22. The van der Waals surface area contributed by atoms with Crippen molar-refractivity contribution in [2.75, 3.05) is 13.2 Å². The smallest absolute Gasteiger partial charge is 0.221 e. The minimum absolute atomic E-state index is 0. The van der Waals surface area contributed by atoms with E-state index < -0.39 is 0 Å². The van der Waals surface area contributed by atoms with Crippen molar-refractivity contribution in [3.8, 4) is 0 Å².